The maximum atomic E-state index is 13.7. The summed E-state index contributed by atoms with van der Waals surface area (Å²) in [4.78, 5) is 9.36. The fourth-order valence-corrected chi connectivity index (χ4v) is 2.70. The van der Waals surface area contributed by atoms with E-state index in [2.05, 4.69) is 15.3 Å². The fraction of sp³-hybridized carbons (Fsp3) is 0.286. The SMILES string of the molecule is CNC(C)c1cc(F)c(C)cc1Sc1ncccn1. The quantitative estimate of drug-likeness (QED) is 0.870. The summed E-state index contributed by atoms with van der Waals surface area (Å²) in [6.07, 6.45) is 3.40. The van der Waals surface area contributed by atoms with Crippen molar-refractivity contribution in [3.05, 3.63) is 47.5 Å². The summed E-state index contributed by atoms with van der Waals surface area (Å²) in [6, 6.07) is 5.28. The van der Waals surface area contributed by atoms with E-state index in [0.29, 0.717) is 10.7 Å². The van der Waals surface area contributed by atoms with Crippen molar-refractivity contribution >= 4 is 11.8 Å². The van der Waals surface area contributed by atoms with Crippen molar-refractivity contribution in [2.45, 2.75) is 29.9 Å². The van der Waals surface area contributed by atoms with Crippen LogP contribution in [0.2, 0.25) is 0 Å². The molecule has 2 rings (SSSR count). The minimum atomic E-state index is -0.185. The Labute approximate surface area is 116 Å². The monoisotopic (exact) mass is 277 g/mol. The smallest absolute Gasteiger partial charge is 0.192 e. The lowest BCUT2D eigenvalue weighted by molar-refractivity contribution is 0.594. The van der Waals surface area contributed by atoms with Crippen LogP contribution in [0.3, 0.4) is 0 Å². The van der Waals surface area contributed by atoms with Crippen LogP contribution in [0.5, 0.6) is 0 Å². The van der Waals surface area contributed by atoms with Crippen LogP contribution in [0.4, 0.5) is 4.39 Å². The number of halogens is 1. The first-order chi connectivity index (χ1) is 9.11. The molecule has 0 aliphatic heterocycles. The molecule has 1 atom stereocenters. The molecule has 1 unspecified atom stereocenters. The van der Waals surface area contributed by atoms with Crippen molar-refractivity contribution in [1.29, 1.82) is 0 Å². The Kier molecular flexibility index (Phi) is 4.50. The van der Waals surface area contributed by atoms with Crippen molar-refractivity contribution in [3.8, 4) is 0 Å². The zero-order chi connectivity index (χ0) is 13.8. The summed E-state index contributed by atoms with van der Waals surface area (Å²) in [5.74, 6) is -0.185. The molecule has 0 spiro atoms. The first-order valence-electron chi connectivity index (χ1n) is 6.04. The maximum absolute atomic E-state index is 13.7. The van der Waals surface area contributed by atoms with Crippen molar-refractivity contribution in [3.63, 3.8) is 0 Å². The van der Waals surface area contributed by atoms with Crippen LogP contribution >= 0.6 is 11.8 Å². The maximum Gasteiger partial charge on any atom is 0.192 e. The lowest BCUT2D eigenvalue weighted by Gasteiger charge is -2.16. The van der Waals surface area contributed by atoms with Gasteiger partial charge in [-0.25, -0.2) is 14.4 Å². The minimum Gasteiger partial charge on any atom is -0.313 e. The Morgan fingerprint density at radius 1 is 1.26 bits per heavy atom. The number of nitrogens with one attached hydrogen (secondary N) is 1. The molecule has 0 saturated carbocycles. The van der Waals surface area contributed by atoms with Crippen LogP contribution < -0.4 is 5.32 Å². The fourth-order valence-electron chi connectivity index (χ4n) is 1.69. The van der Waals surface area contributed by atoms with E-state index in [4.69, 9.17) is 0 Å². The van der Waals surface area contributed by atoms with Gasteiger partial charge in [0.1, 0.15) is 5.82 Å². The van der Waals surface area contributed by atoms with Crippen LogP contribution in [0.1, 0.15) is 24.1 Å². The van der Waals surface area contributed by atoms with E-state index < -0.39 is 0 Å². The van der Waals surface area contributed by atoms with Crippen LogP contribution in [-0.4, -0.2) is 17.0 Å². The molecule has 100 valence electrons. The van der Waals surface area contributed by atoms with Gasteiger partial charge in [0.2, 0.25) is 0 Å². The van der Waals surface area contributed by atoms with E-state index in [9.17, 15) is 4.39 Å². The molecule has 0 amide bonds. The molecule has 1 aromatic carbocycles. The lowest BCUT2D eigenvalue weighted by Crippen LogP contribution is -2.13. The van der Waals surface area contributed by atoms with Gasteiger partial charge in [-0.3, -0.25) is 0 Å². The lowest BCUT2D eigenvalue weighted by atomic mass is 10.1. The molecule has 1 aromatic heterocycles. The second-order valence-corrected chi connectivity index (χ2v) is 5.29. The van der Waals surface area contributed by atoms with Crippen LogP contribution in [0.15, 0.2) is 40.6 Å². The molecule has 2 aromatic rings. The molecular weight excluding hydrogens is 261 g/mol. The third-order valence-corrected chi connectivity index (χ3v) is 3.90. The van der Waals surface area contributed by atoms with E-state index in [1.807, 2.05) is 20.0 Å². The predicted molar refractivity (Wildman–Crippen MR) is 74.8 cm³/mol. The first-order valence-corrected chi connectivity index (χ1v) is 6.85. The summed E-state index contributed by atoms with van der Waals surface area (Å²) in [5.41, 5.74) is 1.55. The van der Waals surface area contributed by atoms with E-state index in [1.165, 1.54) is 11.8 Å². The second kappa shape index (κ2) is 6.12. The summed E-state index contributed by atoms with van der Waals surface area (Å²) in [7, 11) is 1.86. The molecule has 0 fully saturated rings. The van der Waals surface area contributed by atoms with Gasteiger partial charge in [-0.2, -0.15) is 0 Å². The highest BCUT2D eigenvalue weighted by atomic mass is 32.2. The van der Waals surface area contributed by atoms with Gasteiger partial charge in [-0.1, -0.05) is 0 Å². The van der Waals surface area contributed by atoms with Gasteiger partial charge in [0.15, 0.2) is 5.16 Å². The molecule has 1 N–H and O–H groups in total. The molecule has 3 nitrogen and oxygen atoms in total. The van der Waals surface area contributed by atoms with E-state index in [-0.39, 0.29) is 11.9 Å². The molecule has 19 heavy (non-hydrogen) atoms. The first kappa shape index (κ1) is 14.0. The zero-order valence-corrected chi connectivity index (χ0v) is 12.0. The number of benzene rings is 1. The Bertz CT molecular complexity index is 560. The van der Waals surface area contributed by atoms with Crippen molar-refractivity contribution < 1.29 is 4.39 Å². The second-order valence-electron chi connectivity index (χ2n) is 4.28. The van der Waals surface area contributed by atoms with Crippen molar-refractivity contribution in [2.75, 3.05) is 7.05 Å². The standard InChI is InChI=1S/C14H16FN3S/c1-9-7-13(19-14-17-5-4-6-18-14)11(8-12(9)15)10(2)16-3/h4-8,10,16H,1-3H3. The summed E-state index contributed by atoms with van der Waals surface area (Å²) in [6.45, 7) is 3.76. The zero-order valence-electron chi connectivity index (χ0n) is 11.1. The molecule has 1 heterocycles. The van der Waals surface area contributed by atoms with Gasteiger partial charge >= 0.3 is 0 Å². The van der Waals surface area contributed by atoms with Crippen LogP contribution in [0, 0.1) is 12.7 Å². The van der Waals surface area contributed by atoms with Gasteiger partial charge in [0.05, 0.1) is 0 Å². The summed E-state index contributed by atoms with van der Waals surface area (Å²) < 4.78 is 13.7. The van der Waals surface area contributed by atoms with Crippen LogP contribution in [-0.2, 0) is 0 Å². The topological polar surface area (TPSA) is 37.8 Å². The third-order valence-electron chi connectivity index (χ3n) is 2.93. The van der Waals surface area contributed by atoms with Crippen LogP contribution in [0.25, 0.3) is 0 Å². The number of hydrogen-bond acceptors (Lipinski definition) is 4. The highest BCUT2D eigenvalue weighted by Gasteiger charge is 2.14. The van der Waals surface area contributed by atoms with Gasteiger partial charge < -0.3 is 5.32 Å². The predicted octanol–water partition coefficient (Wildman–Crippen LogP) is 3.36. The van der Waals surface area contributed by atoms with Gasteiger partial charge in [0.25, 0.3) is 0 Å². The molecule has 0 bridgehead atoms. The largest absolute Gasteiger partial charge is 0.313 e. The Morgan fingerprint density at radius 3 is 2.58 bits per heavy atom. The highest BCUT2D eigenvalue weighted by molar-refractivity contribution is 7.99. The van der Waals surface area contributed by atoms with Gasteiger partial charge in [0, 0.05) is 23.3 Å². The molecular formula is C14H16FN3S. The Hall–Kier alpha value is -1.46. The highest BCUT2D eigenvalue weighted by Crippen LogP contribution is 2.33. The number of nitrogens with zero attached hydrogens (tertiary/aromatic N) is 2. The minimum absolute atomic E-state index is 0.0707. The van der Waals surface area contributed by atoms with Gasteiger partial charge in [-0.05, 0) is 62.0 Å². The molecule has 0 aliphatic rings. The summed E-state index contributed by atoms with van der Waals surface area (Å²) in [5, 5.41) is 3.80. The van der Waals surface area contributed by atoms with Gasteiger partial charge in [-0.15, -0.1) is 0 Å². The number of hydrogen-bond donors (Lipinski definition) is 1. The molecule has 0 radical (unpaired) electrons. The molecule has 0 aliphatic carbocycles. The number of aryl methyl sites for hydroxylation is 1. The van der Waals surface area contributed by atoms with Crippen molar-refractivity contribution in [1.82, 2.24) is 15.3 Å². The summed E-state index contributed by atoms with van der Waals surface area (Å²) >= 11 is 1.45. The van der Waals surface area contributed by atoms with E-state index in [1.54, 1.807) is 31.5 Å². The number of rotatable bonds is 4. The Balaban J connectivity index is 2.40. The van der Waals surface area contributed by atoms with E-state index >= 15 is 0 Å². The average Bonchev–Trinajstić information content (AvgIpc) is 2.43. The Morgan fingerprint density at radius 2 is 1.95 bits per heavy atom. The average molecular weight is 277 g/mol. The number of aromatic nitrogens is 2. The third kappa shape index (κ3) is 3.30. The van der Waals surface area contributed by atoms with E-state index in [0.717, 1.165) is 10.5 Å². The molecule has 5 heteroatoms. The van der Waals surface area contributed by atoms with Crippen molar-refractivity contribution in [2.24, 2.45) is 0 Å². The normalized spacial score (nSPS) is 12.4. The molecule has 0 saturated heterocycles.